The van der Waals surface area contributed by atoms with Crippen molar-refractivity contribution in [3.63, 3.8) is 0 Å². The fraction of sp³-hybridized carbons (Fsp3) is 0.0588. The monoisotopic (exact) mass is 337 g/mol. The summed E-state index contributed by atoms with van der Waals surface area (Å²) in [5.74, 6) is -0.590. The molecule has 0 saturated carbocycles. The van der Waals surface area contributed by atoms with E-state index in [1.807, 2.05) is 0 Å². The lowest BCUT2D eigenvalue weighted by Gasteiger charge is -2.14. The maximum Gasteiger partial charge on any atom is 0.348 e. The van der Waals surface area contributed by atoms with Crippen LogP contribution in [0.15, 0.2) is 57.7 Å². The van der Waals surface area contributed by atoms with Gasteiger partial charge < -0.3 is 15.5 Å². The number of guanidine groups is 1. The predicted molar refractivity (Wildman–Crippen MR) is 95.0 cm³/mol. The molecule has 126 valence electrons. The van der Waals surface area contributed by atoms with Crippen LogP contribution in [0, 0.1) is 5.41 Å². The number of carbonyl (C=O) groups is 1. The zero-order valence-corrected chi connectivity index (χ0v) is 13.3. The van der Waals surface area contributed by atoms with E-state index in [1.165, 1.54) is 18.0 Å². The third-order valence-corrected chi connectivity index (χ3v) is 3.51. The molecule has 0 aliphatic heterocycles. The second kappa shape index (κ2) is 6.44. The van der Waals surface area contributed by atoms with Crippen LogP contribution in [0.3, 0.4) is 0 Å². The molecule has 0 unspecified atom stereocenters. The van der Waals surface area contributed by atoms with Crippen molar-refractivity contribution in [2.24, 2.45) is 5.73 Å². The minimum absolute atomic E-state index is 0.119. The Balaban J connectivity index is 2.02. The van der Waals surface area contributed by atoms with Crippen LogP contribution < -0.4 is 21.6 Å². The number of nitrogens with two attached hydrogens (primary N) is 1. The van der Waals surface area contributed by atoms with Gasteiger partial charge in [0.1, 0.15) is 0 Å². The van der Waals surface area contributed by atoms with Crippen molar-refractivity contribution in [3.05, 3.63) is 64.5 Å². The summed E-state index contributed by atoms with van der Waals surface area (Å²) < 4.78 is 5.17. The number of rotatable bonds is 3. The van der Waals surface area contributed by atoms with Gasteiger partial charge in [0.05, 0.1) is 10.9 Å². The third kappa shape index (κ3) is 3.32. The first kappa shape index (κ1) is 16.2. The van der Waals surface area contributed by atoms with Gasteiger partial charge in [-0.1, -0.05) is 18.2 Å². The highest BCUT2D eigenvalue weighted by molar-refractivity contribution is 6.04. The van der Waals surface area contributed by atoms with E-state index in [-0.39, 0.29) is 23.3 Å². The fourth-order valence-corrected chi connectivity index (χ4v) is 2.30. The number of aromatic nitrogens is 1. The first-order chi connectivity index (χ1) is 12.0. The summed E-state index contributed by atoms with van der Waals surface area (Å²) in [7, 11) is 1.48. The number of benzene rings is 2. The maximum absolute atomic E-state index is 12.5. The van der Waals surface area contributed by atoms with Crippen molar-refractivity contribution in [1.82, 2.24) is 4.98 Å². The summed E-state index contributed by atoms with van der Waals surface area (Å²) in [6, 6.07) is 13.1. The Labute approximate surface area is 142 Å². The van der Waals surface area contributed by atoms with E-state index in [4.69, 9.17) is 15.6 Å². The van der Waals surface area contributed by atoms with Crippen LogP contribution in [0.4, 0.5) is 11.7 Å². The van der Waals surface area contributed by atoms with Crippen molar-refractivity contribution in [1.29, 1.82) is 5.41 Å². The van der Waals surface area contributed by atoms with E-state index in [0.29, 0.717) is 16.8 Å². The summed E-state index contributed by atoms with van der Waals surface area (Å²) in [5, 5.41) is 10.1. The summed E-state index contributed by atoms with van der Waals surface area (Å²) >= 11 is 0. The molecule has 1 aromatic heterocycles. The number of nitrogens with zero attached hydrogens (tertiary/aromatic N) is 2. The Morgan fingerprint density at radius 1 is 1.24 bits per heavy atom. The van der Waals surface area contributed by atoms with Gasteiger partial charge in [0, 0.05) is 18.3 Å². The zero-order chi connectivity index (χ0) is 18.0. The SMILES string of the molecule is CN(C(=O)c1ccccc1)c1nc2cc(NC(=N)N)ccc2c(=O)o1. The highest BCUT2D eigenvalue weighted by Gasteiger charge is 2.18. The van der Waals surface area contributed by atoms with Gasteiger partial charge in [0.25, 0.3) is 5.91 Å². The molecule has 0 saturated heterocycles. The molecule has 2 aromatic carbocycles. The predicted octanol–water partition coefficient (Wildman–Crippen LogP) is 1.77. The molecule has 1 heterocycles. The van der Waals surface area contributed by atoms with E-state index in [1.54, 1.807) is 42.5 Å². The summed E-state index contributed by atoms with van der Waals surface area (Å²) in [6.07, 6.45) is 0. The highest BCUT2D eigenvalue weighted by atomic mass is 16.4. The van der Waals surface area contributed by atoms with E-state index < -0.39 is 5.63 Å². The van der Waals surface area contributed by atoms with E-state index in [9.17, 15) is 9.59 Å². The van der Waals surface area contributed by atoms with Crippen molar-refractivity contribution >= 4 is 34.5 Å². The Morgan fingerprint density at radius 2 is 1.96 bits per heavy atom. The fourth-order valence-electron chi connectivity index (χ4n) is 2.30. The van der Waals surface area contributed by atoms with Gasteiger partial charge in [-0.15, -0.1) is 0 Å². The first-order valence-corrected chi connectivity index (χ1v) is 7.35. The normalized spacial score (nSPS) is 10.4. The van der Waals surface area contributed by atoms with Gasteiger partial charge in [-0.2, -0.15) is 4.98 Å². The highest BCUT2D eigenvalue weighted by Crippen LogP contribution is 2.19. The maximum atomic E-state index is 12.5. The molecule has 0 spiro atoms. The molecule has 0 fully saturated rings. The van der Waals surface area contributed by atoms with E-state index in [2.05, 4.69) is 10.3 Å². The molecule has 8 heteroatoms. The number of fused-ring (bicyclic) bond motifs is 1. The summed E-state index contributed by atoms with van der Waals surface area (Å²) in [4.78, 5) is 30.0. The standard InChI is InChI=1S/C17H15N5O3/c1-22(14(23)10-5-3-2-4-6-10)17-21-13-9-11(20-16(18)19)7-8-12(13)15(24)25-17/h2-9H,1H3,(H4,18,19,20). The minimum Gasteiger partial charge on any atom is -0.388 e. The van der Waals surface area contributed by atoms with Gasteiger partial charge in [-0.25, -0.2) is 4.79 Å². The summed E-state index contributed by atoms with van der Waals surface area (Å²) in [6.45, 7) is 0. The molecule has 0 aliphatic rings. The second-order valence-corrected chi connectivity index (χ2v) is 5.28. The lowest BCUT2D eigenvalue weighted by molar-refractivity contribution is 0.0987. The molecule has 8 nitrogen and oxygen atoms in total. The molecular formula is C17H15N5O3. The van der Waals surface area contributed by atoms with Gasteiger partial charge >= 0.3 is 11.6 Å². The van der Waals surface area contributed by atoms with Gasteiger partial charge in [-0.3, -0.25) is 15.1 Å². The molecular weight excluding hydrogens is 322 g/mol. The number of hydrogen-bond donors (Lipinski definition) is 3. The molecule has 3 aromatic rings. The van der Waals surface area contributed by atoms with Gasteiger partial charge in [0.2, 0.25) is 0 Å². The average Bonchev–Trinajstić information content (AvgIpc) is 2.60. The van der Waals surface area contributed by atoms with Crippen LogP contribution in [0.1, 0.15) is 10.4 Å². The zero-order valence-electron chi connectivity index (χ0n) is 13.3. The van der Waals surface area contributed by atoms with E-state index >= 15 is 0 Å². The van der Waals surface area contributed by atoms with Crippen molar-refractivity contribution in [2.45, 2.75) is 0 Å². The second-order valence-electron chi connectivity index (χ2n) is 5.28. The molecule has 0 atom stereocenters. The van der Waals surface area contributed by atoms with Gasteiger partial charge in [-0.05, 0) is 30.3 Å². The molecule has 0 bridgehead atoms. The van der Waals surface area contributed by atoms with Crippen molar-refractivity contribution in [3.8, 4) is 0 Å². The number of amides is 1. The molecule has 0 radical (unpaired) electrons. The molecule has 25 heavy (non-hydrogen) atoms. The van der Waals surface area contributed by atoms with Crippen LogP contribution in [-0.2, 0) is 0 Å². The van der Waals surface area contributed by atoms with Gasteiger partial charge in [0.15, 0.2) is 5.96 Å². The van der Waals surface area contributed by atoms with Crippen LogP contribution in [0.2, 0.25) is 0 Å². The Bertz CT molecular complexity index is 1010. The van der Waals surface area contributed by atoms with Crippen molar-refractivity contribution < 1.29 is 9.21 Å². The Morgan fingerprint density at radius 3 is 2.64 bits per heavy atom. The third-order valence-electron chi connectivity index (χ3n) is 3.51. The van der Waals surface area contributed by atoms with Crippen LogP contribution in [0.25, 0.3) is 10.9 Å². The Hall–Kier alpha value is -3.68. The molecule has 3 rings (SSSR count). The lowest BCUT2D eigenvalue weighted by Crippen LogP contribution is -2.28. The van der Waals surface area contributed by atoms with E-state index in [0.717, 1.165) is 0 Å². The lowest BCUT2D eigenvalue weighted by atomic mass is 10.2. The number of carbonyl (C=O) groups excluding carboxylic acids is 1. The van der Waals surface area contributed by atoms with Crippen LogP contribution in [-0.4, -0.2) is 23.9 Å². The molecule has 4 N–H and O–H groups in total. The number of nitrogens with one attached hydrogen (secondary N) is 2. The van der Waals surface area contributed by atoms with Crippen molar-refractivity contribution in [2.75, 3.05) is 17.3 Å². The topological polar surface area (TPSA) is 125 Å². The largest absolute Gasteiger partial charge is 0.388 e. The van der Waals surface area contributed by atoms with Crippen LogP contribution >= 0.6 is 0 Å². The van der Waals surface area contributed by atoms with Crippen LogP contribution in [0.5, 0.6) is 0 Å². The molecule has 0 aliphatic carbocycles. The number of hydrogen-bond acceptors (Lipinski definition) is 5. The smallest absolute Gasteiger partial charge is 0.348 e. The quantitative estimate of drug-likeness (QED) is 0.494. The minimum atomic E-state index is -0.609. The first-order valence-electron chi connectivity index (χ1n) is 7.35. The average molecular weight is 337 g/mol. The summed E-state index contributed by atoms with van der Waals surface area (Å²) in [5.41, 5.74) is 5.96. The molecule has 1 amide bonds. The number of anilines is 2. The Kier molecular flexibility index (Phi) is 4.17.